The molecule has 1 unspecified atom stereocenters. The first kappa shape index (κ1) is 10.5. The third-order valence-electron chi connectivity index (χ3n) is 1.64. The Hall–Kier alpha value is -1.57. The molecule has 0 amide bonds. The highest BCUT2D eigenvalue weighted by Crippen LogP contribution is 2.11. The van der Waals surface area contributed by atoms with Crippen LogP contribution in [0, 0.1) is 11.3 Å². The summed E-state index contributed by atoms with van der Waals surface area (Å²) in [6, 6.07) is 8.52. The van der Waals surface area contributed by atoms with Gasteiger partial charge in [0.05, 0.1) is 18.2 Å². The lowest BCUT2D eigenvalue weighted by atomic mass is 10.2. The van der Waals surface area contributed by atoms with Gasteiger partial charge in [0.15, 0.2) is 0 Å². The molecule has 1 aromatic rings. The summed E-state index contributed by atoms with van der Waals surface area (Å²) >= 11 is 0. The smallest absolute Gasteiger partial charge is 0.119 e. The molecule has 74 valence electrons. The van der Waals surface area contributed by atoms with Gasteiger partial charge in [-0.3, -0.25) is 0 Å². The summed E-state index contributed by atoms with van der Waals surface area (Å²) in [7, 11) is 0. The molecular formula is C10H11NO3. The fraction of sp³-hybridized carbons (Fsp3) is 0.300. The highest BCUT2D eigenvalue weighted by molar-refractivity contribution is 5.34. The Labute approximate surface area is 82.0 Å². The summed E-state index contributed by atoms with van der Waals surface area (Å²) in [5.74, 6) is 0.566. The van der Waals surface area contributed by atoms with E-state index in [4.69, 9.17) is 20.2 Å². The SMILES string of the molecule is N#Cc1ccc(OCC(O)CO)cc1. The van der Waals surface area contributed by atoms with E-state index in [1.807, 2.05) is 6.07 Å². The maximum absolute atomic E-state index is 8.99. The van der Waals surface area contributed by atoms with E-state index in [2.05, 4.69) is 0 Å². The van der Waals surface area contributed by atoms with Crippen LogP contribution in [0.4, 0.5) is 0 Å². The second-order valence-electron chi connectivity index (χ2n) is 2.78. The maximum Gasteiger partial charge on any atom is 0.119 e. The van der Waals surface area contributed by atoms with Gasteiger partial charge in [-0.2, -0.15) is 5.26 Å². The van der Waals surface area contributed by atoms with Gasteiger partial charge < -0.3 is 14.9 Å². The number of rotatable bonds is 4. The van der Waals surface area contributed by atoms with Crippen molar-refractivity contribution in [2.45, 2.75) is 6.10 Å². The number of ether oxygens (including phenoxy) is 1. The minimum absolute atomic E-state index is 0.0440. The molecule has 2 N–H and O–H groups in total. The molecule has 4 heteroatoms. The first-order valence-electron chi connectivity index (χ1n) is 4.18. The standard InChI is InChI=1S/C10H11NO3/c11-5-8-1-3-10(4-2-8)14-7-9(13)6-12/h1-4,9,12-13H,6-7H2. The van der Waals surface area contributed by atoms with Crippen molar-refractivity contribution in [2.24, 2.45) is 0 Å². The zero-order chi connectivity index (χ0) is 10.4. The van der Waals surface area contributed by atoms with Gasteiger partial charge in [0.1, 0.15) is 18.5 Å². The van der Waals surface area contributed by atoms with Crippen LogP contribution in [0.5, 0.6) is 5.75 Å². The highest BCUT2D eigenvalue weighted by atomic mass is 16.5. The predicted molar refractivity (Wildman–Crippen MR) is 49.7 cm³/mol. The van der Waals surface area contributed by atoms with Crippen molar-refractivity contribution < 1.29 is 14.9 Å². The van der Waals surface area contributed by atoms with Crippen LogP contribution in [0.1, 0.15) is 5.56 Å². The third kappa shape index (κ3) is 3.05. The van der Waals surface area contributed by atoms with E-state index in [0.29, 0.717) is 11.3 Å². The van der Waals surface area contributed by atoms with Crippen molar-refractivity contribution in [2.75, 3.05) is 13.2 Å². The fourth-order valence-electron chi connectivity index (χ4n) is 0.871. The summed E-state index contributed by atoms with van der Waals surface area (Å²) in [6.07, 6.45) is -0.870. The molecule has 0 heterocycles. The van der Waals surface area contributed by atoms with Crippen LogP contribution in [0.2, 0.25) is 0 Å². The number of nitriles is 1. The minimum atomic E-state index is -0.870. The van der Waals surface area contributed by atoms with Crippen molar-refractivity contribution in [1.82, 2.24) is 0 Å². The first-order valence-corrected chi connectivity index (χ1v) is 4.18. The Bertz CT molecular complexity index is 315. The topological polar surface area (TPSA) is 73.5 Å². The molecule has 0 saturated carbocycles. The summed E-state index contributed by atoms with van der Waals surface area (Å²) < 4.78 is 5.14. The number of hydrogen-bond donors (Lipinski definition) is 2. The van der Waals surface area contributed by atoms with E-state index in [9.17, 15) is 0 Å². The van der Waals surface area contributed by atoms with E-state index in [-0.39, 0.29) is 13.2 Å². The number of benzene rings is 1. The quantitative estimate of drug-likeness (QED) is 0.720. The van der Waals surface area contributed by atoms with Crippen LogP contribution in [-0.4, -0.2) is 29.5 Å². The van der Waals surface area contributed by atoms with Gasteiger partial charge in [-0.1, -0.05) is 0 Å². The molecule has 0 aliphatic carbocycles. The Balaban J connectivity index is 2.49. The van der Waals surface area contributed by atoms with Crippen molar-refractivity contribution in [3.05, 3.63) is 29.8 Å². The molecule has 1 aromatic carbocycles. The summed E-state index contributed by atoms with van der Waals surface area (Å²) in [4.78, 5) is 0. The van der Waals surface area contributed by atoms with E-state index >= 15 is 0 Å². The normalized spacial score (nSPS) is 11.8. The number of nitrogens with zero attached hydrogens (tertiary/aromatic N) is 1. The summed E-state index contributed by atoms with van der Waals surface area (Å²) in [5.41, 5.74) is 0.556. The van der Waals surface area contributed by atoms with Crippen molar-refractivity contribution >= 4 is 0 Å². The summed E-state index contributed by atoms with van der Waals surface area (Å²) in [6.45, 7) is -0.279. The molecule has 0 aromatic heterocycles. The zero-order valence-corrected chi connectivity index (χ0v) is 7.55. The van der Waals surface area contributed by atoms with Crippen LogP contribution in [0.15, 0.2) is 24.3 Å². The lowest BCUT2D eigenvalue weighted by Crippen LogP contribution is -2.21. The van der Waals surface area contributed by atoms with Gasteiger partial charge in [-0.15, -0.1) is 0 Å². The molecule has 4 nitrogen and oxygen atoms in total. The van der Waals surface area contributed by atoms with Crippen LogP contribution in [0.25, 0.3) is 0 Å². The number of hydrogen-bond acceptors (Lipinski definition) is 4. The molecule has 1 atom stereocenters. The van der Waals surface area contributed by atoms with Gasteiger partial charge in [-0.05, 0) is 24.3 Å². The van der Waals surface area contributed by atoms with Gasteiger partial charge in [0, 0.05) is 0 Å². The van der Waals surface area contributed by atoms with E-state index < -0.39 is 6.10 Å². The van der Waals surface area contributed by atoms with E-state index in [1.165, 1.54) is 0 Å². The molecule has 0 aliphatic heterocycles. The Morgan fingerprint density at radius 3 is 2.50 bits per heavy atom. The average molecular weight is 193 g/mol. The molecular weight excluding hydrogens is 182 g/mol. The minimum Gasteiger partial charge on any atom is -0.491 e. The van der Waals surface area contributed by atoms with Crippen LogP contribution in [-0.2, 0) is 0 Å². The second kappa shape index (κ2) is 5.22. The van der Waals surface area contributed by atoms with Crippen molar-refractivity contribution in [3.8, 4) is 11.8 Å². The zero-order valence-electron chi connectivity index (χ0n) is 7.55. The van der Waals surface area contributed by atoms with Gasteiger partial charge in [0.2, 0.25) is 0 Å². The van der Waals surface area contributed by atoms with E-state index in [0.717, 1.165) is 0 Å². The Kier molecular flexibility index (Phi) is 3.92. The Morgan fingerprint density at radius 2 is 2.00 bits per heavy atom. The second-order valence-corrected chi connectivity index (χ2v) is 2.78. The molecule has 0 spiro atoms. The molecule has 0 radical (unpaired) electrons. The largest absolute Gasteiger partial charge is 0.491 e. The van der Waals surface area contributed by atoms with Crippen LogP contribution in [0.3, 0.4) is 0 Å². The predicted octanol–water partition coefficient (Wildman–Crippen LogP) is 0.290. The van der Waals surface area contributed by atoms with Crippen LogP contribution >= 0.6 is 0 Å². The van der Waals surface area contributed by atoms with Crippen molar-refractivity contribution in [1.29, 1.82) is 5.26 Å². The van der Waals surface area contributed by atoms with Gasteiger partial charge >= 0.3 is 0 Å². The van der Waals surface area contributed by atoms with Crippen LogP contribution < -0.4 is 4.74 Å². The lowest BCUT2D eigenvalue weighted by Gasteiger charge is -2.09. The monoisotopic (exact) mass is 193 g/mol. The molecule has 1 rings (SSSR count). The number of aliphatic hydroxyl groups excluding tert-OH is 2. The average Bonchev–Trinajstić information content (AvgIpc) is 2.26. The molecule has 14 heavy (non-hydrogen) atoms. The summed E-state index contributed by atoms with van der Waals surface area (Å²) in [5, 5.41) is 26.0. The highest BCUT2D eigenvalue weighted by Gasteiger charge is 2.02. The fourth-order valence-corrected chi connectivity index (χ4v) is 0.871. The molecule has 0 aliphatic rings. The molecule has 0 bridgehead atoms. The van der Waals surface area contributed by atoms with E-state index in [1.54, 1.807) is 24.3 Å². The van der Waals surface area contributed by atoms with Gasteiger partial charge in [0.25, 0.3) is 0 Å². The Morgan fingerprint density at radius 1 is 1.36 bits per heavy atom. The number of aliphatic hydroxyl groups is 2. The first-order chi connectivity index (χ1) is 6.76. The van der Waals surface area contributed by atoms with Gasteiger partial charge in [-0.25, -0.2) is 0 Å². The lowest BCUT2D eigenvalue weighted by molar-refractivity contribution is 0.0536. The maximum atomic E-state index is 8.99. The van der Waals surface area contributed by atoms with Crippen molar-refractivity contribution in [3.63, 3.8) is 0 Å². The third-order valence-corrected chi connectivity index (χ3v) is 1.64. The molecule has 0 saturated heterocycles. The molecule has 0 fully saturated rings.